The molecule has 0 amide bonds. The normalized spacial score (nSPS) is 16.5. The number of thiocarbonyl (C=S) groups is 1. The summed E-state index contributed by atoms with van der Waals surface area (Å²) in [5.41, 5.74) is 0. The summed E-state index contributed by atoms with van der Waals surface area (Å²) in [6, 6.07) is 0. The first kappa shape index (κ1) is 8.47. The molecule has 0 saturated heterocycles. The van der Waals surface area contributed by atoms with Crippen LogP contribution < -0.4 is 0 Å². The van der Waals surface area contributed by atoms with E-state index in [1.54, 1.807) is 0 Å². The highest BCUT2D eigenvalue weighted by atomic mass is 32.1. The van der Waals surface area contributed by atoms with Gasteiger partial charge in [0.05, 0.1) is 11.5 Å². The van der Waals surface area contributed by atoms with Gasteiger partial charge in [-0.25, -0.2) is 0 Å². The second kappa shape index (κ2) is 4.29. The predicted octanol–water partition coefficient (Wildman–Crippen LogP) is 2.44. The Morgan fingerprint density at radius 2 is 2.45 bits per heavy atom. The van der Waals surface area contributed by atoms with Gasteiger partial charge in [0.1, 0.15) is 5.76 Å². The van der Waals surface area contributed by atoms with Crippen LogP contribution in [0, 0.1) is 6.92 Å². The topological polar surface area (TPSA) is 9.23 Å². The smallest absolute Gasteiger partial charge is 0.133 e. The van der Waals surface area contributed by atoms with E-state index in [1.807, 2.05) is 18.2 Å². The van der Waals surface area contributed by atoms with Crippen LogP contribution in [0.2, 0.25) is 0 Å². The van der Waals surface area contributed by atoms with E-state index in [1.165, 1.54) is 0 Å². The standard InChI is InChI=1S/C9H11OS/c1-2-7-10-8-5-3-4-6-9(8)11/h3-5H,1-2,6-7H2. The van der Waals surface area contributed by atoms with Gasteiger partial charge in [-0.3, -0.25) is 0 Å². The van der Waals surface area contributed by atoms with E-state index in [4.69, 9.17) is 17.0 Å². The number of hydrogen-bond acceptors (Lipinski definition) is 2. The van der Waals surface area contributed by atoms with E-state index in [9.17, 15) is 0 Å². The molecule has 0 aromatic heterocycles. The van der Waals surface area contributed by atoms with Crippen LogP contribution in [-0.2, 0) is 4.74 Å². The third-order valence-corrected chi connectivity index (χ3v) is 1.73. The molecule has 0 heterocycles. The zero-order chi connectivity index (χ0) is 8.10. The maximum Gasteiger partial charge on any atom is 0.133 e. The Bertz CT molecular complexity index is 204. The van der Waals surface area contributed by atoms with E-state index in [2.05, 4.69) is 6.92 Å². The van der Waals surface area contributed by atoms with E-state index in [-0.39, 0.29) is 0 Å². The molecule has 0 N–H and O–H groups in total. The van der Waals surface area contributed by atoms with Gasteiger partial charge in [-0.15, -0.1) is 0 Å². The van der Waals surface area contributed by atoms with Gasteiger partial charge in [-0.05, 0) is 19.4 Å². The lowest BCUT2D eigenvalue weighted by molar-refractivity contribution is 0.237. The Labute approximate surface area is 72.7 Å². The Balaban J connectivity index is 2.47. The van der Waals surface area contributed by atoms with Gasteiger partial charge in [0.2, 0.25) is 0 Å². The molecule has 11 heavy (non-hydrogen) atoms. The Morgan fingerprint density at radius 1 is 1.64 bits per heavy atom. The molecule has 1 rings (SSSR count). The molecule has 0 aromatic carbocycles. The summed E-state index contributed by atoms with van der Waals surface area (Å²) >= 11 is 5.08. The summed E-state index contributed by atoms with van der Waals surface area (Å²) in [7, 11) is 0. The molecule has 0 spiro atoms. The van der Waals surface area contributed by atoms with Crippen molar-refractivity contribution in [2.24, 2.45) is 0 Å². The van der Waals surface area contributed by atoms with Crippen molar-refractivity contribution in [3.05, 3.63) is 30.9 Å². The van der Waals surface area contributed by atoms with E-state index in [0.29, 0.717) is 6.61 Å². The highest BCUT2D eigenvalue weighted by Gasteiger charge is 2.05. The Hall–Kier alpha value is -0.630. The van der Waals surface area contributed by atoms with Crippen LogP contribution >= 0.6 is 12.2 Å². The summed E-state index contributed by atoms with van der Waals surface area (Å²) in [5, 5.41) is 0. The lowest BCUT2D eigenvalue weighted by atomic mass is 10.1. The third-order valence-electron chi connectivity index (χ3n) is 1.36. The molecular weight excluding hydrogens is 156 g/mol. The van der Waals surface area contributed by atoms with E-state index in [0.717, 1.165) is 23.5 Å². The number of rotatable bonds is 3. The van der Waals surface area contributed by atoms with Crippen molar-refractivity contribution in [2.75, 3.05) is 6.61 Å². The van der Waals surface area contributed by atoms with E-state index >= 15 is 0 Å². The van der Waals surface area contributed by atoms with Crippen molar-refractivity contribution < 1.29 is 4.74 Å². The first-order valence-corrected chi connectivity index (χ1v) is 4.07. The molecule has 1 aliphatic carbocycles. The second-order valence-corrected chi connectivity index (χ2v) is 2.78. The summed E-state index contributed by atoms with van der Waals surface area (Å²) in [6.45, 7) is 4.33. The zero-order valence-electron chi connectivity index (χ0n) is 6.38. The summed E-state index contributed by atoms with van der Waals surface area (Å²) in [5.74, 6) is 0.839. The minimum Gasteiger partial charge on any atom is -0.492 e. The molecule has 0 aromatic rings. The van der Waals surface area contributed by atoms with Crippen LogP contribution in [0.15, 0.2) is 24.0 Å². The fourth-order valence-electron chi connectivity index (χ4n) is 0.835. The largest absolute Gasteiger partial charge is 0.492 e. The number of ether oxygens (including phenoxy) is 1. The van der Waals surface area contributed by atoms with Crippen LogP contribution in [0.4, 0.5) is 0 Å². The van der Waals surface area contributed by atoms with E-state index < -0.39 is 0 Å². The molecular formula is C9H11OS. The lowest BCUT2D eigenvalue weighted by Gasteiger charge is -2.11. The molecule has 0 bridgehead atoms. The zero-order valence-corrected chi connectivity index (χ0v) is 7.19. The summed E-state index contributed by atoms with van der Waals surface area (Å²) in [6.07, 6.45) is 7.51. The van der Waals surface area contributed by atoms with Crippen molar-refractivity contribution >= 4 is 17.1 Å². The van der Waals surface area contributed by atoms with Crippen molar-refractivity contribution in [1.29, 1.82) is 0 Å². The van der Waals surface area contributed by atoms with Gasteiger partial charge in [0.25, 0.3) is 0 Å². The Kier molecular flexibility index (Phi) is 3.30. The molecule has 1 aliphatic rings. The van der Waals surface area contributed by atoms with Gasteiger partial charge in [0, 0.05) is 6.42 Å². The highest BCUT2D eigenvalue weighted by molar-refractivity contribution is 7.80. The summed E-state index contributed by atoms with van der Waals surface area (Å²) in [4.78, 5) is 0.890. The Morgan fingerprint density at radius 3 is 3.09 bits per heavy atom. The second-order valence-electron chi connectivity index (χ2n) is 2.29. The number of hydrogen-bond donors (Lipinski definition) is 0. The van der Waals surface area contributed by atoms with Crippen molar-refractivity contribution in [3.63, 3.8) is 0 Å². The minimum absolute atomic E-state index is 0.653. The van der Waals surface area contributed by atoms with Crippen molar-refractivity contribution in [3.8, 4) is 0 Å². The molecule has 0 fully saturated rings. The SMILES string of the molecule is [CH2]CCOC1=CC=CCC1=S. The fourth-order valence-corrected chi connectivity index (χ4v) is 1.06. The first-order chi connectivity index (χ1) is 5.34. The lowest BCUT2D eigenvalue weighted by Crippen LogP contribution is -2.05. The fraction of sp³-hybridized carbons (Fsp3) is 0.333. The monoisotopic (exact) mass is 167 g/mol. The molecule has 2 heteroatoms. The van der Waals surface area contributed by atoms with Crippen molar-refractivity contribution in [1.82, 2.24) is 0 Å². The minimum atomic E-state index is 0.653. The highest BCUT2D eigenvalue weighted by Crippen LogP contribution is 2.11. The van der Waals surface area contributed by atoms with Crippen LogP contribution in [0.5, 0.6) is 0 Å². The molecule has 0 unspecified atom stereocenters. The van der Waals surface area contributed by atoms with Gasteiger partial charge in [0.15, 0.2) is 0 Å². The van der Waals surface area contributed by atoms with Gasteiger partial charge < -0.3 is 4.74 Å². The van der Waals surface area contributed by atoms with Gasteiger partial charge in [-0.2, -0.15) is 0 Å². The third kappa shape index (κ3) is 2.46. The first-order valence-electron chi connectivity index (χ1n) is 3.66. The summed E-state index contributed by atoms with van der Waals surface area (Å²) < 4.78 is 5.35. The number of allylic oxidation sites excluding steroid dienone is 4. The van der Waals surface area contributed by atoms with Crippen LogP contribution in [0.1, 0.15) is 12.8 Å². The molecule has 0 saturated carbocycles. The van der Waals surface area contributed by atoms with Gasteiger partial charge >= 0.3 is 0 Å². The van der Waals surface area contributed by atoms with Crippen LogP contribution in [0.25, 0.3) is 0 Å². The van der Waals surface area contributed by atoms with Crippen LogP contribution in [0.3, 0.4) is 0 Å². The van der Waals surface area contributed by atoms with Crippen molar-refractivity contribution in [2.45, 2.75) is 12.8 Å². The average molecular weight is 167 g/mol. The molecule has 1 radical (unpaired) electrons. The van der Waals surface area contributed by atoms with Crippen LogP contribution in [-0.4, -0.2) is 11.5 Å². The molecule has 1 nitrogen and oxygen atoms in total. The molecule has 0 atom stereocenters. The quantitative estimate of drug-likeness (QED) is 0.597. The van der Waals surface area contributed by atoms with Gasteiger partial charge in [-0.1, -0.05) is 24.4 Å². The maximum absolute atomic E-state index is 5.35. The maximum atomic E-state index is 5.35. The average Bonchev–Trinajstić information content (AvgIpc) is 2.03. The predicted molar refractivity (Wildman–Crippen MR) is 50.4 cm³/mol. The molecule has 0 aliphatic heterocycles. The molecule has 59 valence electrons.